The smallest absolute Gasteiger partial charge is 0.145 e. The van der Waals surface area contributed by atoms with Gasteiger partial charge in [-0.05, 0) is 32.6 Å². The van der Waals surface area contributed by atoms with E-state index in [2.05, 4.69) is 4.90 Å². The van der Waals surface area contributed by atoms with Crippen LogP contribution in [0.1, 0.15) is 6.42 Å². The molecule has 4 heteroatoms. The van der Waals surface area contributed by atoms with Gasteiger partial charge in [0.1, 0.15) is 16.6 Å². The minimum Gasteiger partial charge on any atom is -0.492 e. The van der Waals surface area contributed by atoms with Gasteiger partial charge in [-0.1, -0.05) is 17.7 Å². The largest absolute Gasteiger partial charge is 0.492 e. The van der Waals surface area contributed by atoms with Crippen LogP contribution in [0.25, 0.3) is 0 Å². The van der Waals surface area contributed by atoms with E-state index in [9.17, 15) is 4.39 Å². The van der Waals surface area contributed by atoms with Crippen molar-refractivity contribution in [1.29, 1.82) is 0 Å². The summed E-state index contributed by atoms with van der Waals surface area (Å²) in [7, 11) is 3.99. The third-order valence-electron chi connectivity index (χ3n) is 1.92. The van der Waals surface area contributed by atoms with Gasteiger partial charge in [0.05, 0.1) is 6.61 Å². The Morgan fingerprint density at radius 3 is 2.80 bits per heavy atom. The highest BCUT2D eigenvalue weighted by Gasteiger charge is 2.05. The van der Waals surface area contributed by atoms with E-state index < -0.39 is 5.82 Å². The van der Waals surface area contributed by atoms with Crippen LogP contribution in [0.15, 0.2) is 18.2 Å². The van der Waals surface area contributed by atoms with Gasteiger partial charge in [-0.15, -0.1) is 0 Å². The van der Waals surface area contributed by atoms with Crippen LogP contribution < -0.4 is 4.74 Å². The molecule has 0 fully saturated rings. The molecule has 15 heavy (non-hydrogen) atoms. The van der Waals surface area contributed by atoms with Gasteiger partial charge < -0.3 is 9.64 Å². The highest BCUT2D eigenvalue weighted by atomic mass is 35.5. The molecule has 0 aliphatic carbocycles. The van der Waals surface area contributed by atoms with E-state index in [1.54, 1.807) is 12.1 Å². The second-order valence-electron chi connectivity index (χ2n) is 3.56. The Morgan fingerprint density at radius 1 is 1.40 bits per heavy atom. The zero-order valence-corrected chi connectivity index (χ0v) is 9.72. The van der Waals surface area contributed by atoms with Gasteiger partial charge in [-0.2, -0.15) is 0 Å². The van der Waals surface area contributed by atoms with Gasteiger partial charge in [-0.25, -0.2) is 4.39 Å². The molecule has 84 valence electrons. The minimum absolute atomic E-state index is 0.0577. The maximum absolute atomic E-state index is 13.0. The average molecular weight is 232 g/mol. The molecule has 0 aliphatic rings. The van der Waals surface area contributed by atoms with Crippen molar-refractivity contribution in [3.63, 3.8) is 0 Å². The van der Waals surface area contributed by atoms with Gasteiger partial charge in [0.25, 0.3) is 0 Å². The van der Waals surface area contributed by atoms with Gasteiger partial charge in [0.2, 0.25) is 0 Å². The van der Waals surface area contributed by atoms with E-state index in [0.717, 1.165) is 13.0 Å². The van der Waals surface area contributed by atoms with Crippen LogP contribution in [0.5, 0.6) is 5.75 Å². The lowest BCUT2D eigenvalue weighted by molar-refractivity contribution is 0.281. The second-order valence-corrected chi connectivity index (χ2v) is 3.94. The van der Waals surface area contributed by atoms with Crippen LogP contribution in [-0.2, 0) is 0 Å². The maximum Gasteiger partial charge on any atom is 0.145 e. The van der Waals surface area contributed by atoms with E-state index in [-0.39, 0.29) is 5.02 Å². The average Bonchev–Trinajstić information content (AvgIpc) is 2.18. The Hall–Kier alpha value is -0.800. The first-order chi connectivity index (χ1) is 7.11. The molecule has 0 unspecified atom stereocenters. The summed E-state index contributed by atoms with van der Waals surface area (Å²) in [5.74, 6) is -0.0304. The monoisotopic (exact) mass is 231 g/mol. The minimum atomic E-state index is -0.443. The highest BCUT2D eigenvalue weighted by molar-refractivity contribution is 6.32. The number of hydrogen-bond acceptors (Lipinski definition) is 2. The van der Waals surface area contributed by atoms with E-state index in [1.807, 2.05) is 14.1 Å². The number of hydrogen-bond donors (Lipinski definition) is 0. The number of ether oxygens (including phenoxy) is 1. The van der Waals surface area contributed by atoms with Gasteiger partial charge in [0.15, 0.2) is 0 Å². The van der Waals surface area contributed by atoms with Crippen molar-refractivity contribution in [1.82, 2.24) is 4.90 Å². The third-order valence-corrected chi connectivity index (χ3v) is 2.29. The van der Waals surface area contributed by atoms with Crippen molar-refractivity contribution in [3.05, 3.63) is 29.0 Å². The molecule has 0 spiro atoms. The molecule has 1 aromatic rings. The molecule has 0 radical (unpaired) electrons. The zero-order chi connectivity index (χ0) is 11.3. The van der Waals surface area contributed by atoms with Gasteiger partial charge in [0, 0.05) is 6.54 Å². The molecule has 0 bridgehead atoms. The van der Waals surface area contributed by atoms with Crippen molar-refractivity contribution in [2.75, 3.05) is 27.2 Å². The topological polar surface area (TPSA) is 12.5 Å². The van der Waals surface area contributed by atoms with Crippen molar-refractivity contribution in [3.8, 4) is 5.75 Å². The predicted octanol–water partition coefficient (Wildman–Crippen LogP) is 2.81. The Bertz CT molecular complexity index is 317. The first kappa shape index (κ1) is 12.3. The van der Waals surface area contributed by atoms with E-state index in [4.69, 9.17) is 16.3 Å². The first-order valence-corrected chi connectivity index (χ1v) is 5.20. The summed E-state index contributed by atoms with van der Waals surface area (Å²) in [4.78, 5) is 2.07. The first-order valence-electron chi connectivity index (χ1n) is 4.83. The summed E-state index contributed by atoms with van der Waals surface area (Å²) in [6, 6.07) is 4.57. The molecule has 0 atom stereocenters. The number of halogens is 2. The highest BCUT2D eigenvalue weighted by Crippen LogP contribution is 2.26. The standard InChI is InChI=1S/C11H15ClFNO/c1-14(2)7-4-8-15-10-6-3-5-9(13)11(10)12/h3,5-6H,4,7-8H2,1-2H3. The molecule has 0 heterocycles. The summed E-state index contributed by atoms with van der Waals surface area (Å²) < 4.78 is 18.4. The summed E-state index contributed by atoms with van der Waals surface area (Å²) in [6.07, 6.45) is 0.889. The Balaban J connectivity index is 2.41. The van der Waals surface area contributed by atoms with Crippen LogP contribution in [0.4, 0.5) is 4.39 Å². The molecule has 0 saturated heterocycles. The summed E-state index contributed by atoms with van der Waals surface area (Å²) in [5.41, 5.74) is 0. The lowest BCUT2D eigenvalue weighted by Crippen LogP contribution is -2.15. The maximum atomic E-state index is 13.0. The van der Waals surface area contributed by atoms with E-state index >= 15 is 0 Å². The van der Waals surface area contributed by atoms with Crippen molar-refractivity contribution < 1.29 is 9.13 Å². The molecule has 0 aliphatic heterocycles. The number of benzene rings is 1. The molecule has 0 amide bonds. The van der Waals surface area contributed by atoms with Crippen molar-refractivity contribution in [2.24, 2.45) is 0 Å². The summed E-state index contributed by atoms with van der Waals surface area (Å²) in [5, 5.41) is 0.0577. The quantitative estimate of drug-likeness (QED) is 0.723. The van der Waals surface area contributed by atoms with E-state index in [0.29, 0.717) is 12.4 Å². The third kappa shape index (κ3) is 4.06. The number of nitrogens with zero attached hydrogens (tertiary/aromatic N) is 1. The van der Waals surface area contributed by atoms with Crippen LogP contribution in [-0.4, -0.2) is 32.1 Å². The SMILES string of the molecule is CN(C)CCCOc1cccc(F)c1Cl. The van der Waals surface area contributed by atoms with Crippen molar-refractivity contribution in [2.45, 2.75) is 6.42 Å². The summed E-state index contributed by atoms with van der Waals surface area (Å²) in [6.45, 7) is 1.48. The van der Waals surface area contributed by atoms with Crippen LogP contribution >= 0.6 is 11.6 Å². The fourth-order valence-corrected chi connectivity index (χ4v) is 1.34. The molecule has 1 aromatic carbocycles. The normalized spacial score (nSPS) is 10.7. The Kier molecular flexibility index (Phi) is 4.85. The second kappa shape index (κ2) is 5.93. The van der Waals surface area contributed by atoms with Gasteiger partial charge >= 0.3 is 0 Å². The van der Waals surface area contributed by atoms with Crippen LogP contribution in [0.2, 0.25) is 5.02 Å². The van der Waals surface area contributed by atoms with Crippen LogP contribution in [0, 0.1) is 5.82 Å². The summed E-state index contributed by atoms with van der Waals surface area (Å²) >= 11 is 5.72. The van der Waals surface area contributed by atoms with Crippen molar-refractivity contribution >= 4 is 11.6 Å². The fraction of sp³-hybridized carbons (Fsp3) is 0.455. The van der Waals surface area contributed by atoms with Gasteiger partial charge in [-0.3, -0.25) is 0 Å². The molecule has 1 rings (SSSR count). The molecular formula is C11H15ClFNO. The Morgan fingerprint density at radius 2 is 2.13 bits per heavy atom. The molecule has 0 N–H and O–H groups in total. The lowest BCUT2D eigenvalue weighted by Gasteiger charge is -2.11. The lowest BCUT2D eigenvalue weighted by atomic mass is 10.3. The fourth-order valence-electron chi connectivity index (χ4n) is 1.16. The Labute approximate surface area is 94.6 Å². The van der Waals surface area contributed by atoms with Crippen LogP contribution in [0.3, 0.4) is 0 Å². The number of rotatable bonds is 5. The predicted molar refractivity (Wildman–Crippen MR) is 60.1 cm³/mol. The molecule has 2 nitrogen and oxygen atoms in total. The van der Waals surface area contributed by atoms with E-state index in [1.165, 1.54) is 6.07 Å². The molecular weight excluding hydrogens is 217 g/mol. The molecule has 0 aromatic heterocycles. The molecule has 0 saturated carbocycles. The zero-order valence-electron chi connectivity index (χ0n) is 8.96.